The van der Waals surface area contributed by atoms with Crippen LogP contribution in [0.4, 0.5) is 14.0 Å². The number of nitrogens with zero attached hydrogens (tertiary/aromatic N) is 2. The normalized spacial score (nSPS) is 16.8. The van der Waals surface area contributed by atoms with E-state index in [1.807, 2.05) is 0 Å². The lowest BCUT2D eigenvalue weighted by molar-refractivity contribution is -0.123. The number of nitrogens with one attached hydrogen (secondary N) is 2. The summed E-state index contributed by atoms with van der Waals surface area (Å²) < 4.78 is 57.8. The van der Waals surface area contributed by atoms with Crippen LogP contribution >= 0.6 is 19.2 Å². The molecule has 18 nitrogen and oxygen atoms in total. The van der Waals surface area contributed by atoms with Gasteiger partial charge in [-0.1, -0.05) is 29.8 Å². The summed E-state index contributed by atoms with van der Waals surface area (Å²) in [6.07, 6.45) is -0.284. The molecule has 23 heteroatoms. The van der Waals surface area contributed by atoms with Gasteiger partial charge in [-0.3, -0.25) is 9.36 Å². The van der Waals surface area contributed by atoms with Crippen molar-refractivity contribution >= 4 is 65.6 Å². The molecule has 1 fully saturated rings. The third-order valence-corrected chi connectivity index (χ3v) is 11.0. The standard InChI is InChI=1S/C27H24BClFN4O14PS/c29-20-17(8-7-16(35)22(20)36)50(46,47)34-10-9-33(27(34)41)26(40)32-21(12-1-4-14(5-2-12)49(43,44)45)24(37)31-18-11-13-3-6-15(30)19(25(38)39)23(13)48-28(18)42/h1-8,18,21,35-36,42H,9-11H2,(H,31,37)(H,32,40)(H,38,39)(H2,43,44,45)/t18-,21?/m0/s1. The van der Waals surface area contributed by atoms with E-state index in [0.29, 0.717) is 4.90 Å². The van der Waals surface area contributed by atoms with Gasteiger partial charge >= 0.3 is 32.7 Å². The Morgan fingerprint density at radius 2 is 1.72 bits per heavy atom. The van der Waals surface area contributed by atoms with Crippen LogP contribution < -0.4 is 20.6 Å². The van der Waals surface area contributed by atoms with E-state index in [9.17, 15) is 66.7 Å². The van der Waals surface area contributed by atoms with Gasteiger partial charge in [0.2, 0.25) is 5.91 Å². The SMILES string of the molecule is O=C(O)c1c(F)ccc2c1OB(O)[C@@H](NC(=O)C(NC(=O)N1CCN(S(=O)(=O)c3ccc(O)c(O)c3Cl)C1=O)c1ccc(P(=O)(O)O)cc1)C2. The summed E-state index contributed by atoms with van der Waals surface area (Å²) in [6, 6.07) is 3.27. The largest absolute Gasteiger partial charge is 0.547 e. The smallest absolute Gasteiger partial charge is 0.534 e. The summed E-state index contributed by atoms with van der Waals surface area (Å²) in [5, 5.41) is 42.9. The number of carbonyl (C=O) groups is 4. The number of imide groups is 1. The van der Waals surface area contributed by atoms with Crippen molar-refractivity contribution in [3.05, 3.63) is 76.1 Å². The predicted molar refractivity (Wildman–Crippen MR) is 168 cm³/mol. The Morgan fingerprint density at radius 3 is 2.34 bits per heavy atom. The van der Waals surface area contributed by atoms with Crippen LogP contribution in [-0.2, 0) is 25.8 Å². The maximum Gasteiger partial charge on any atom is 0.547 e. The topological polar surface area (TPSA) is 281 Å². The van der Waals surface area contributed by atoms with Crippen molar-refractivity contribution in [1.29, 1.82) is 0 Å². The van der Waals surface area contributed by atoms with Gasteiger partial charge in [0.05, 0.1) is 24.3 Å². The van der Waals surface area contributed by atoms with Crippen molar-refractivity contribution in [3.8, 4) is 17.2 Å². The molecule has 2 atom stereocenters. The number of hydrogen-bond acceptors (Lipinski definition) is 11. The summed E-state index contributed by atoms with van der Waals surface area (Å²) in [6.45, 7) is -1.13. The molecule has 5 rings (SSSR count). The summed E-state index contributed by atoms with van der Waals surface area (Å²) in [7, 11) is -11.5. The second-order valence-electron chi connectivity index (χ2n) is 10.8. The predicted octanol–water partition coefficient (Wildman–Crippen LogP) is 0.408. The van der Waals surface area contributed by atoms with Crippen LogP contribution in [0, 0.1) is 5.82 Å². The lowest BCUT2D eigenvalue weighted by Gasteiger charge is -2.30. The number of sulfonamides is 1. The molecule has 0 aromatic heterocycles. The monoisotopic (exact) mass is 756 g/mol. The van der Waals surface area contributed by atoms with E-state index >= 15 is 0 Å². The Labute approximate surface area is 286 Å². The Bertz CT molecular complexity index is 2090. The fraction of sp³-hybridized carbons (Fsp3) is 0.185. The average Bonchev–Trinajstić information content (AvgIpc) is 3.44. The highest BCUT2D eigenvalue weighted by Crippen LogP contribution is 2.39. The molecule has 0 radical (unpaired) electrons. The van der Waals surface area contributed by atoms with Gasteiger partial charge in [-0.05, 0) is 47.9 Å². The van der Waals surface area contributed by atoms with E-state index in [1.54, 1.807) is 0 Å². The third kappa shape index (κ3) is 6.78. The number of carboxylic acid groups (broad SMARTS) is 1. The molecule has 0 aliphatic carbocycles. The van der Waals surface area contributed by atoms with Crippen molar-refractivity contribution in [3.63, 3.8) is 0 Å². The van der Waals surface area contributed by atoms with Gasteiger partial charge in [-0.2, -0.15) is 0 Å². The molecule has 0 saturated carbocycles. The molecule has 3 aromatic rings. The lowest BCUT2D eigenvalue weighted by atomic mass is 9.72. The van der Waals surface area contributed by atoms with Crippen molar-refractivity contribution in [2.45, 2.75) is 23.3 Å². The highest BCUT2D eigenvalue weighted by molar-refractivity contribution is 7.89. The number of carbonyl (C=O) groups excluding carboxylic acids is 3. The van der Waals surface area contributed by atoms with Gasteiger partial charge in [-0.15, -0.1) is 0 Å². The maximum absolute atomic E-state index is 14.2. The van der Waals surface area contributed by atoms with Crippen molar-refractivity contribution < 1.29 is 71.3 Å². The summed E-state index contributed by atoms with van der Waals surface area (Å²) in [4.78, 5) is 70.5. The zero-order valence-electron chi connectivity index (χ0n) is 24.9. The van der Waals surface area contributed by atoms with Crippen molar-refractivity contribution in [2.24, 2.45) is 0 Å². The van der Waals surface area contributed by atoms with E-state index in [4.69, 9.17) is 16.3 Å². The molecule has 2 heterocycles. The molecule has 2 aliphatic heterocycles. The van der Waals surface area contributed by atoms with Gasteiger partial charge in [0.25, 0.3) is 10.0 Å². The van der Waals surface area contributed by atoms with E-state index in [2.05, 4.69) is 10.6 Å². The van der Waals surface area contributed by atoms with Crippen LogP contribution in [0.2, 0.25) is 5.02 Å². The number of benzene rings is 3. The second kappa shape index (κ2) is 13.4. The van der Waals surface area contributed by atoms with Gasteiger partial charge < -0.3 is 45.4 Å². The quantitative estimate of drug-likeness (QED) is 0.0879. The first kappa shape index (κ1) is 36.4. The summed E-state index contributed by atoms with van der Waals surface area (Å²) in [5.74, 6) is -7.40. The number of hydrogen-bond donors (Lipinski definition) is 8. The number of urea groups is 2. The van der Waals surface area contributed by atoms with E-state index < -0.39 is 118 Å². The molecule has 1 saturated heterocycles. The second-order valence-corrected chi connectivity index (χ2v) is 14.6. The van der Waals surface area contributed by atoms with Gasteiger partial charge in [0.1, 0.15) is 33.1 Å². The number of aromatic hydroxyl groups is 2. The van der Waals surface area contributed by atoms with Crippen LogP contribution in [0.5, 0.6) is 17.2 Å². The van der Waals surface area contributed by atoms with Crippen LogP contribution in [0.15, 0.2) is 53.4 Å². The first-order chi connectivity index (χ1) is 23.3. The Balaban J connectivity index is 1.40. The number of fused-ring (bicyclic) bond motifs is 1. The number of aromatic carboxylic acids is 1. The number of phenolic OH excluding ortho intramolecular Hbond substituents is 2. The molecule has 8 N–H and O–H groups in total. The fourth-order valence-electron chi connectivity index (χ4n) is 5.17. The molecular formula is C27H24BClFN4O14PS. The molecule has 2 aliphatic rings. The third-order valence-electron chi connectivity index (χ3n) is 7.69. The molecule has 3 aromatic carbocycles. The number of halogens is 2. The van der Waals surface area contributed by atoms with Gasteiger partial charge in [-0.25, -0.2) is 36.4 Å². The fourth-order valence-corrected chi connectivity index (χ4v) is 7.59. The van der Waals surface area contributed by atoms with Gasteiger partial charge in [0, 0.05) is 0 Å². The lowest BCUT2D eigenvalue weighted by Crippen LogP contribution is -2.56. The van der Waals surface area contributed by atoms with Crippen LogP contribution in [-0.4, -0.2) is 97.8 Å². The molecule has 1 unspecified atom stereocenters. The zero-order chi connectivity index (χ0) is 36.9. The van der Waals surface area contributed by atoms with Crippen molar-refractivity contribution in [2.75, 3.05) is 13.1 Å². The van der Waals surface area contributed by atoms with Gasteiger partial charge in [0.15, 0.2) is 11.5 Å². The van der Waals surface area contributed by atoms with Crippen LogP contribution in [0.25, 0.3) is 0 Å². The first-order valence-corrected chi connectivity index (χ1v) is 17.5. The maximum atomic E-state index is 14.2. The number of amides is 5. The molecule has 0 spiro atoms. The molecule has 0 bridgehead atoms. The van der Waals surface area contributed by atoms with Crippen LogP contribution in [0.3, 0.4) is 0 Å². The highest BCUT2D eigenvalue weighted by Gasteiger charge is 2.44. The minimum atomic E-state index is -4.80. The Hall–Kier alpha value is -4.92. The Morgan fingerprint density at radius 1 is 1.06 bits per heavy atom. The molecule has 5 amide bonds. The number of rotatable bonds is 8. The highest BCUT2D eigenvalue weighted by atomic mass is 35.5. The van der Waals surface area contributed by atoms with E-state index in [-0.39, 0.29) is 21.9 Å². The Kier molecular flexibility index (Phi) is 9.76. The molecule has 50 heavy (non-hydrogen) atoms. The minimum absolute atomic E-state index is 0.0944. The summed E-state index contributed by atoms with van der Waals surface area (Å²) in [5.41, 5.74) is -0.855. The molecular weight excluding hydrogens is 733 g/mol. The average molecular weight is 757 g/mol. The van der Waals surface area contributed by atoms with E-state index in [1.165, 1.54) is 6.07 Å². The first-order valence-electron chi connectivity index (χ1n) is 14.0. The zero-order valence-corrected chi connectivity index (χ0v) is 27.4. The number of phenols is 2. The number of carboxylic acids is 1. The van der Waals surface area contributed by atoms with Crippen LogP contribution in [0.1, 0.15) is 27.5 Å². The van der Waals surface area contributed by atoms with E-state index in [0.717, 1.165) is 42.5 Å². The minimum Gasteiger partial charge on any atom is -0.534 e. The summed E-state index contributed by atoms with van der Waals surface area (Å²) >= 11 is 5.88. The molecule has 264 valence electrons. The van der Waals surface area contributed by atoms with Crippen molar-refractivity contribution in [1.82, 2.24) is 19.8 Å².